The van der Waals surface area contributed by atoms with Gasteiger partial charge in [0, 0.05) is 6.54 Å². The molecular weight excluding hydrogens is 268 g/mol. The highest BCUT2D eigenvalue weighted by atomic mass is 32.1. The summed E-state index contributed by atoms with van der Waals surface area (Å²) in [4.78, 5) is 23.4. The number of aryl methyl sites for hydroxylation is 1. The lowest BCUT2D eigenvalue weighted by atomic mass is 10.2. The number of nitrogens with zero attached hydrogens (tertiary/aromatic N) is 3. The number of rotatable bonds is 4. The van der Waals surface area contributed by atoms with Crippen molar-refractivity contribution in [2.24, 2.45) is 5.73 Å². The minimum absolute atomic E-state index is 0.444. The van der Waals surface area contributed by atoms with Crippen LogP contribution in [0.4, 0.5) is 0 Å². The van der Waals surface area contributed by atoms with Crippen molar-refractivity contribution in [3.63, 3.8) is 0 Å². The van der Waals surface area contributed by atoms with Crippen molar-refractivity contribution in [1.82, 2.24) is 14.9 Å². The molecule has 2 aromatic heterocycles. The molecule has 18 heavy (non-hydrogen) atoms. The van der Waals surface area contributed by atoms with Crippen molar-refractivity contribution in [2.45, 2.75) is 13.5 Å². The predicted molar refractivity (Wildman–Crippen MR) is 72.7 cm³/mol. The van der Waals surface area contributed by atoms with Crippen LogP contribution in [0.3, 0.4) is 0 Å². The van der Waals surface area contributed by atoms with Gasteiger partial charge in [-0.05, 0) is 21.0 Å². The van der Waals surface area contributed by atoms with Crippen molar-refractivity contribution < 1.29 is 4.79 Å². The molecule has 0 spiro atoms. The Morgan fingerprint density at radius 3 is 2.72 bits per heavy atom. The standard InChI is InChI=1S/C11H13N4OS2/c1-6-9(17-5-13-6)8-10(11(12)16)18-7(14-8)4-15(2)3/h4H2,1-3H3,(H2,12,16). The maximum Gasteiger partial charge on any atom is 0.261 e. The van der Waals surface area contributed by atoms with E-state index < -0.39 is 5.91 Å². The van der Waals surface area contributed by atoms with Crippen LogP contribution in [-0.2, 0) is 6.54 Å². The van der Waals surface area contributed by atoms with E-state index in [1.165, 1.54) is 22.7 Å². The molecule has 0 aliphatic heterocycles. The number of hydrogen-bond acceptors (Lipinski definition) is 6. The minimum Gasteiger partial charge on any atom is -0.365 e. The normalized spacial score (nSPS) is 11.1. The minimum atomic E-state index is -0.444. The quantitative estimate of drug-likeness (QED) is 0.922. The number of hydrogen-bond donors (Lipinski definition) is 1. The van der Waals surface area contributed by atoms with Gasteiger partial charge in [0.15, 0.2) is 5.51 Å². The zero-order valence-corrected chi connectivity index (χ0v) is 12.0. The second-order valence-corrected chi connectivity index (χ2v) is 5.99. The summed E-state index contributed by atoms with van der Waals surface area (Å²) in [6.45, 7) is 2.56. The Balaban J connectivity index is 2.48. The molecule has 0 saturated carbocycles. The van der Waals surface area contributed by atoms with Gasteiger partial charge in [-0.3, -0.25) is 4.79 Å². The zero-order chi connectivity index (χ0) is 13.3. The van der Waals surface area contributed by atoms with Crippen LogP contribution in [0.15, 0.2) is 0 Å². The Bertz CT molecular complexity index is 573. The maximum atomic E-state index is 11.5. The fourth-order valence-corrected chi connectivity index (χ4v) is 3.32. The van der Waals surface area contributed by atoms with Crippen LogP contribution in [-0.4, -0.2) is 34.9 Å². The lowest BCUT2D eigenvalue weighted by Crippen LogP contribution is -2.10. The summed E-state index contributed by atoms with van der Waals surface area (Å²) in [5.74, 6) is -0.444. The van der Waals surface area contributed by atoms with Crippen molar-refractivity contribution in [3.8, 4) is 10.6 Å². The largest absolute Gasteiger partial charge is 0.365 e. The SMILES string of the molecule is Cc1n[c]sc1-c1nc(CN(C)C)sc1C(N)=O. The highest BCUT2D eigenvalue weighted by Crippen LogP contribution is 2.32. The molecule has 2 N–H and O–H groups in total. The first-order valence-corrected chi connectivity index (χ1v) is 6.90. The number of carbonyl (C=O) groups is 1. The Morgan fingerprint density at radius 1 is 1.50 bits per heavy atom. The van der Waals surface area contributed by atoms with E-state index in [1.54, 1.807) is 0 Å². The van der Waals surface area contributed by atoms with Crippen molar-refractivity contribution in [2.75, 3.05) is 14.1 Å². The Kier molecular flexibility index (Phi) is 3.74. The van der Waals surface area contributed by atoms with Gasteiger partial charge in [0.2, 0.25) is 0 Å². The predicted octanol–water partition coefficient (Wildman–Crippen LogP) is 1.54. The molecule has 0 aliphatic carbocycles. The van der Waals surface area contributed by atoms with E-state index in [2.05, 4.69) is 15.5 Å². The van der Waals surface area contributed by atoms with E-state index in [1.807, 2.05) is 25.9 Å². The molecule has 0 bridgehead atoms. The molecule has 1 amide bonds. The first-order chi connectivity index (χ1) is 8.49. The molecule has 0 atom stereocenters. The molecule has 1 radical (unpaired) electrons. The smallest absolute Gasteiger partial charge is 0.261 e. The van der Waals surface area contributed by atoms with E-state index in [-0.39, 0.29) is 0 Å². The molecule has 0 fully saturated rings. The van der Waals surface area contributed by atoms with Crippen LogP contribution in [0.5, 0.6) is 0 Å². The van der Waals surface area contributed by atoms with Crippen LogP contribution in [0, 0.1) is 12.4 Å². The van der Waals surface area contributed by atoms with Crippen LogP contribution in [0.25, 0.3) is 10.6 Å². The Morgan fingerprint density at radius 2 is 2.22 bits per heavy atom. The van der Waals surface area contributed by atoms with Gasteiger partial charge in [-0.15, -0.1) is 22.7 Å². The molecule has 2 aromatic rings. The topological polar surface area (TPSA) is 72.1 Å². The number of amides is 1. The number of carbonyl (C=O) groups excluding carboxylic acids is 1. The molecule has 2 rings (SSSR count). The van der Waals surface area contributed by atoms with Crippen LogP contribution in [0.1, 0.15) is 20.4 Å². The average molecular weight is 281 g/mol. The highest BCUT2D eigenvalue weighted by molar-refractivity contribution is 7.16. The fraction of sp³-hybridized carbons (Fsp3) is 0.364. The number of aromatic nitrogens is 2. The zero-order valence-electron chi connectivity index (χ0n) is 10.4. The van der Waals surface area contributed by atoms with Gasteiger partial charge < -0.3 is 10.6 Å². The van der Waals surface area contributed by atoms with E-state index in [4.69, 9.17) is 5.73 Å². The summed E-state index contributed by atoms with van der Waals surface area (Å²) in [5, 5.41) is 0.872. The molecule has 0 aliphatic rings. The molecule has 7 heteroatoms. The lowest BCUT2D eigenvalue weighted by molar-refractivity contribution is 0.100. The molecule has 95 valence electrons. The summed E-state index contributed by atoms with van der Waals surface area (Å²) >= 11 is 2.69. The molecule has 0 saturated heterocycles. The van der Waals surface area contributed by atoms with Gasteiger partial charge in [-0.2, -0.15) is 0 Å². The first-order valence-electron chi connectivity index (χ1n) is 5.27. The molecular formula is C11H13N4OS2. The summed E-state index contributed by atoms with van der Waals surface area (Å²) < 4.78 is 0. The summed E-state index contributed by atoms with van der Waals surface area (Å²) in [6.07, 6.45) is 0. The van der Waals surface area contributed by atoms with Crippen molar-refractivity contribution in [3.05, 3.63) is 21.1 Å². The second kappa shape index (κ2) is 5.13. The van der Waals surface area contributed by atoms with Gasteiger partial charge in [0.1, 0.15) is 15.6 Å². The number of thiazole rings is 2. The van der Waals surface area contributed by atoms with Crippen molar-refractivity contribution >= 4 is 28.6 Å². The van der Waals surface area contributed by atoms with Crippen LogP contribution >= 0.6 is 22.7 Å². The monoisotopic (exact) mass is 281 g/mol. The third-order valence-corrected chi connectivity index (χ3v) is 4.18. The van der Waals surface area contributed by atoms with Crippen molar-refractivity contribution in [1.29, 1.82) is 0 Å². The lowest BCUT2D eigenvalue weighted by Gasteiger charge is -2.04. The van der Waals surface area contributed by atoms with E-state index in [0.717, 1.165) is 15.6 Å². The van der Waals surface area contributed by atoms with E-state index >= 15 is 0 Å². The second-order valence-electron chi connectivity index (χ2n) is 4.11. The fourth-order valence-electron chi connectivity index (χ4n) is 1.50. The third-order valence-electron chi connectivity index (χ3n) is 2.25. The van der Waals surface area contributed by atoms with E-state index in [9.17, 15) is 4.79 Å². The van der Waals surface area contributed by atoms with E-state index in [0.29, 0.717) is 17.1 Å². The molecule has 0 aromatic carbocycles. The summed E-state index contributed by atoms with van der Waals surface area (Å²) in [7, 11) is 3.91. The average Bonchev–Trinajstić information content (AvgIpc) is 2.83. The number of primary amides is 1. The Labute approximate surface area is 113 Å². The van der Waals surface area contributed by atoms with Gasteiger partial charge in [-0.1, -0.05) is 0 Å². The summed E-state index contributed by atoms with van der Waals surface area (Å²) in [5.41, 5.74) is 9.68. The Hall–Kier alpha value is -1.31. The van der Waals surface area contributed by atoms with Crippen LogP contribution < -0.4 is 5.73 Å². The summed E-state index contributed by atoms with van der Waals surface area (Å²) in [6, 6.07) is 0. The maximum absolute atomic E-state index is 11.5. The van der Waals surface area contributed by atoms with Gasteiger partial charge in [0.25, 0.3) is 5.91 Å². The third kappa shape index (κ3) is 2.58. The number of nitrogens with two attached hydrogens (primary N) is 1. The van der Waals surface area contributed by atoms with Gasteiger partial charge >= 0.3 is 0 Å². The highest BCUT2D eigenvalue weighted by Gasteiger charge is 2.20. The molecule has 5 nitrogen and oxygen atoms in total. The molecule has 0 unspecified atom stereocenters. The van der Waals surface area contributed by atoms with Gasteiger partial charge in [0.05, 0.1) is 10.6 Å². The molecule has 2 heterocycles. The van der Waals surface area contributed by atoms with Crippen LogP contribution in [0.2, 0.25) is 0 Å². The first kappa shape index (κ1) is 13.1. The van der Waals surface area contributed by atoms with Gasteiger partial charge in [-0.25, -0.2) is 9.97 Å².